The van der Waals surface area contributed by atoms with Gasteiger partial charge in [-0.3, -0.25) is 4.79 Å². The maximum Gasteiger partial charge on any atom is 0.279 e. The number of carbonyl (C=O) groups is 1. The van der Waals surface area contributed by atoms with Gasteiger partial charge in [0.05, 0.1) is 18.2 Å². The molecule has 0 saturated carbocycles. The molecule has 2 heterocycles. The van der Waals surface area contributed by atoms with E-state index in [1.807, 2.05) is 18.2 Å². The summed E-state index contributed by atoms with van der Waals surface area (Å²) in [6.07, 6.45) is 1.40. The molecule has 1 amide bonds. The van der Waals surface area contributed by atoms with Gasteiger partial charge in [-0.15, -0.1) is 0 Å². The van der Waals surface area contributed by atoms with Crippen LogP contribution in [0.2, 0.25) is 0 Å². The van der Waals surface area contributed by atoms with Crippen molar-refractivity contribution < 1.29 is 19.7 Å². The number of aryl methyl sites for hydroxylation is 1. The van der Waals surface area contributed by atoms with E-state index in [-0.39, 0.29) is 17.8 Å². The highest BCUT2D eigenvalue weighted by atomic mass is 32.2. The lowest BCUT2D eigenvalue weighted by molar-refractivity contribution is -0.282. The van der Waals surface area contributed by atoms with Crippen molar-refractivity contribution >= 4 is 17.0 Å². The van der Waals surface area contributed by atoms with Gasteiger partial charge >= 0.3 is 0 Å². The molecule has 0 bridgehead atoms. The Labute approximate surface area is 134 Å². The fourth-order valence-electron chi connectivity index (χ4n) is 3.11. The minimum Gasteiger partial charge on any atom is -0.393 e. The van der Waals surface area contributed by atoms with E-state index in [0.29, 0.717) is 12.2 Å². The molecule has 0 aliphatic carbocycles. The number of aliphatic hydroxyl groups excluding tert-OH is 1. The minimum absolute atomic E-state index is 0.139. The SMILES string of the molecule is O=C1NC(C2(O)CC(O)C[C@@H](CCc3ccccc3)O2)CS1. The number of thioether (sulfide) groups is 1. The van der Waals surface area contributed by atoms with Crippen molar-refractivity contribution in [2.45, 2.75) is 49.7 Å². The quantitative estimate of drug-likeness (QED) is 0.785. The highest BCUT2D eigenvalue weighted by molar-refractivity contribution is 8.14. The van der Waals surface area contributed by atoms with Crippen LogP contribution < -0.4 is 5.32 Å². The summed E-state index contributed by atoms with van der Waals surface area (Å²) >= 11 is 1.14. The van der Waals surface area contributed by atoms with Gasteiger partial charge in [-0.25, -0.2) is 0 Å². The first kappa shape index (κ1) is 15.8. The van der Waals surface area contributed by atoms with E-state index in [2.05, 4.69) is 17.4 Å². The third-order valence-electron chi connectivity index (χ3n) is 4.25. The first-order chi connectivity index (χ1) is 10.5. The van der Waals surface area contributed by atoms with Gasteiger partial charge in [-0.05, 0) is 24.8 Å². The lowest BCUT2D eigenvalue weighted by Gasteiger charge is -2.42. The number of amides is 1. The largest absolute Gasteiger partial charge is 0.393 e. The molecule has 2 aliphatic heterocycles. The molecule has 1 aromatic carbocycles. The Kier molecular flexibility index (Phi) is 4.73. The highest BCUT2D eigenvalue weighted by Crippen LogP contribution is 2.35. The first-order valence-electron chi connectivity index (χ1n) is 7.60. The van der Waals surface area contributed by atoms with Crippen LogP contribution >= 0.6 is 11.8 Å². The Balaban J connectivity index is 1.62. The van der Waals surface area contributed by atoms with Crippen LogP contribution in [0.3, 0.4) is 0 Å². The van der Waals surface area contributed by atoms with Gasteiger partial charge in [-0.1, -0.05) is 42.1 Å². The van der Waals surface area contributed by atoms with E-state index < -0.39 is 17.9 Å². The summed E-state index contributed by atoms with van der Waals surface area (Å²) in [5, 5.41) is 23.4. The summed E-state index contributed by atoms with van der Waals surface area (Å²) < 4.78 is 5.87. The Hall–Kier alpha value is -1.08. The fourth-order valence-corrected chi connectivity index (χ4v) is 4.00. The van der Waals surface area contributed by atoms with Crippen LogP contribution in [0.15, 0.2) is 30.3 Å². The average molecular weight is 323 g/mol. The molecule has 2 saturated heterocycles. The molecule has 2 fully saturated rings. The smallest absolute Gasteiger partial charge is 0.279 e. The second-order valence-electron chi connectivity index (χ2n) is 6.00. The number of rotatable bonds is 4. The van der Waals surface area contributed by atoms with Crippen molar-refractivity contribution in [3.05, 3.63) is 35.9 Å². The van der Waals surface area contributed by atoms with Gasteiger partial charge < -0.3 is 20.3 Å². The Morgan fingerprint density at radius 1 is 1.36 bits per heavy atom. The lowest BCUT2D eigenvalue weighted by atomic mass is 9.91. The number of ether oxygens (including phenoxy) is 1. The zero-order valence-corrected chi connectivity index (χ0v) is 13.1. The molecule has 5 nitrogen and oxygen atoms in total. The van der Waals surface area contributed by atoms with Gasteiger partial charge in [0.1, 0.15) is 0 Å². The number of benzene rings is 1. The molecule has 0 spiro atoms. The molecule has 2 aliphatic rings. The van der Waals surface area contributed by atoms with Gasteiger partial charge in [0.2, 0.25) is 0 Å². The molecular formula is C16H21NO4S. The van der Waals surface area contributed by atoms with Crippen molar-refractivity contribution in [1.82, 2.24) is 5.32 Å². The number of carbonyl (C=O) groups excluding carboxylic acids is 1. The predicted molar refractivity (Wildman–Crippen MR) is 84.6 cm³/mol. The second-order valence-corrected chi connectivity index (χ2v) is 6.99. The Bertz CT molecular complexity index is 526. The van der Waals surface area contributed by atoms with Crippen LogP contribution in [0.1, 0.15) is 24.8 Å². The monoisotopic (exact) mass is 323 g/mol. The van der Waals surface area contributed by atoms with Crippen LogP contribution in [0.25, 0.3) is 0 Å². The maximum absolute atomic E-state index is 11.3. The second kappa shape index (κ2) is 6.58. The summed E-state index contributed by atoms with van der Waals surface area (Å²) in [5.41, 5.74) is 1.21. The fraction of sp³-hybridized carbons (Fsp3) is 0.562. The normalized spacial score (nSPS) is 35.4. The Morgan fingerprint density at radius 2 is 2.14 bits per heavy atom. The van der Waals surface area contributed by atoms with E-state index in [0.717, 1.165) is 24.6 Å². The van der Waals surface area contributed by atoms with E-state index in [4.69, 9.17) is 4.74 Å². The topological polar surface area (TPSA) is 78.8 Å². The van der Waals surface area contributed by atoms with Crippen molar-refractivity contribution in [2.75, 3.05) is 5.75 Å². The van der Waals surface area contributed by atoms with Gasteiger partial charge in [-0.2, -0.15) is 0 Å². The van der Waals surface area contributed by atoms with Crippen LogP contribution in [0, 0.1) is 0 Å². The number of nitrogens with one attached hydrogen (secondary N) is 1. The van der Waals surface area contributed by atoms with Crippen LogP contribution in [-0.2, 0) is 11.2 Å². The van der Waals surface area contributed by atoms with Gasteiger partial charge in [0.25, 0.3) is 5.24 Å². The zero-order chi connectivity index (χ0) is 15.6. The molecule has 22 heavy (non-hydrogen) atoms. The number of hydrogen-bond acceptors (Lipinski definition) is 5. The third kappa shape index (κ3) is 3.63. The molecular weight excluding hydrogens is 302 g/mol. The lowest BCUT2D eigenvalue weighted by Crippen LogP contribution is -2.58. The van der Waals surface area contributed by atoms with E-state index in [1.54, 1.807) is 0 Å². The summed E-state index contributed by atoms with van der Waals surface area (Å²) in [6.45, 7) is 0. The van der Waals surface area contributed by atoms with E-state index in [1.165, 1.54) is 5.56 Å². The molecule has 0 radical (unpaired) electrons. The summed E-state index contributed by atoms with van der Waals surface area (Å²) in [5.74, 6) is -1.01. The number of aliphatic hydroxyl groups is 2. The third-order valence-corrected chi connectivity index (χ3v) is 5.13. The summed E-state index contributed by atoms with van der Waals surface area (Å²) in [6, 6.07) is 9.61. The summed E-state index contributed by atoms with van der Waals surface area (Å²) in [4.78, 5) is 11.3. The van der Waals surface area contributed by atoms with E-state index >= 15 is 0 Å². The molecule has 120 valence electrons. The van der Waals surface area contributed by atoms with Crippen molar-refractivity contribution in [2.24, 2.45) is 0 Å². The van der Waals surface area contributed by atoms with Gasteiger partial charge in [0, 0.05) is 12.2 Å². The van der Waals surface area contributed by atoms with Crippen LogP contribution in [0.4, 0.5) is 4.79 Å². The van der Waals surface area contributed by atoms with Crippen molar-refractivity contribution in [3.63, 3.8) is 0 Å². The number of hydrogen-bond donors (Lipinski definition) is 3. The molecule has 1 aromatic rings. The van der Waals surface area contributed by atoms with Crippen LogP contribution in [-0.4, -0.2) is 45.2 Å². The molecule has 6 heteroatoms. The Morgan fingerprint density at radius 3 is 2.82 bits per heavy atom. The maximum atomic E-state index is 11.3. The van der Waals surface area contributed by atoms with Crippen molar-refractivity contribution in [3.8, 4) is 0 Å². The first-order valence-corrected chi connectivity index (χ1v) is 8.59. The van der Waals surface area contributed by atoms with E-state index in [9.17, 15) is 15.0 Å². The zero-order valence-electron chi connectivity index (χ0n) is 12.3. The molecule has 4 atom stereocenters. The molecule has 0 aromatic heterocycles. The van der Waals surface area contributed by atoms with Gasteiger partial charge in [0.15, 0.2) is 5.79 Å². The highest BCUT2D eigenvalue weighted by Gasteiger charge is 2.48. The molecule has 3 N–H and O–H groups in total. The standard InChI is InChI=1S/C16H21NO4S/c18-12-8-13(7-6-11-4-2-1-3-5-11)21-16(20,9-12)14-10-22-15(19)17-14/h1-5,12-14,18,20H,6-10H2,(H,17,19)/t12?,13-,14?,16?/m1/s1. The molecule has 3 rings (SSSR count). The predicted octanol–water partition coefficient (Wildman–Crippen LogP) is 1.67. The van der Waals surface area contributed by atoms with Crippen LogP contribution in [0.5, 0.6) is 0 Å². The van der Waals surface area contributed by atoms with Crippen molar-refractivity contribution in [1.29, 1.82) is 0 Å². The minimum atomic E-state index is -1.47. The molecule has 3 unspecified atom stereocenters. The summed E-state index contributed by atoms with van der Waals surface area (Å²) in [7, 11) is 0. The average Bonchev–Trinajstić information content (AvgIpc) is 2.93.